The smallest absolute Gasteiger partial charge is 0.254 e. The van der Waals surface area contributed by atoms with Gasteiger partial charge in [0.15, 0.2) is 0 Å². The molecule has 1 N–H and O–H groups in total. The molecule has 1 atom stereocenters. The van der Waals surface area contributed by atoms with Gasteiger partial charge in [-0.1, -0.05) is 38.5 Å². The summed E-state index contributed by atoms with van der Waals surface area (Å²) in [7, 11) is 0. The van der Waals surface area contributed by atoms with Crippen LogP contribution in [0.5, 0.6) is 0 Å². The Kier molecular flexibility index (Phi) is 5.60. The van der Waals surface area contributed by atoms with Crippen molar-refractivity contribution in [2.24, 2.45) is 0 Å². The largest absolute Gasteiger partial charge is 0.337 e. The Morgan fingerprint density at radius 3 is 2.80 bits per heavy atom. The number of nitrogens with one attached hydrogen (secondary N) is 1. The lowest BCUT2D eigenvalue weighted by molar-refractivity contribution is 0.0719. The molecule has 1 aliphatic rings. The zero-order valence-electron chi connectivity index (χ0n) is 12.7. The SMILES string of the molecule is CCCNC(CCC)CN1CCc2ccccc2C1=O. The number of carbonyl (C=O) groups excluding carboxylic acids is 1. The molecule has 0 spiro atoms. The Labute approximate surface area is 122 Å². The minimum Gasteiger partial charge on any atom is -0.337 e. The third-order valence-corrected chi connectivity index (χ3v) is 3.95. The summed E-state index contributed by atoms with van der Waals surface area (Å²) in [6.07, 6.45) is 4.40. The highest BCUT2D eigenvalue weighted by molar-refractivity contribution is 5.96. The number of hydrogen-bond acceptors (Lipinski definition) is 2. The van der Waals surface area contributed by atoms with E-state index in [1.165, 1.54) is 5.56 Å². The van der Waals surface area contributed by atoms with Crippen LogP contribution < -0.4 is 5.32 Å². The van der Waals surface area contributed by atoms with Crippen LogP contribution in [0.1, 0.15) is 49.0 Å². The molecule has 0 saturated carbocycles. The van der Waals surface area contributed by atoms with Gasteiger partial charge < -0.3 is 10.2 Å². The van der Waals surface area contributed by atoms with Gasteiger partial charge in [-0.3, -0.25) is 4.79 Å². The second-order valence-corrected chi connectivity index (χ2v) is 5.60. The van der Waals surface area contributed by atoms with E-state index in [9.17, 15) is 4.79 Å². The third kappa shape index (κ3) is 3.60. The Bertz CT molecular complexity index is 444. The minimum atomic E-state index is 0.200. The minimum absolute atomic E-state index is 0.200. The molecule has 0 aromatic heterocycles. The average Bonchev–Trinajstić information content (AvgIpc) is 2.48. The Balaban J connectivity index is 2.01. The molecule has 0 aliphatic carbocycles. The van der Waals surface area contributed by atoms with Crippen molar-refractivity contribution in [3.05, 3.63) is 35.4 Å². The first kappa shape index (κ1) is 15.0. The predicted octanol–water partition coefficient (Wildman–Crippen LogP) is 2.85. The fraction of sp³-hybridized carbons (Fsp3) is 0.588. The van der Waals surface area contributed by atoms with Crippen LogP contribution in [0.2, 0.25) is 0 Å². The second-order valence-electron chi connectivity index (χ2n) is 5.60. The van der Waals surface area contributed by atoms with Crippen molar-refractivity contribution >= 4 is 5.91 Å². The van der Waals surface area contributed by atoms with Gasteiger partial charge in [-0.2, -0.15) is 0 Å². The fourth-order valence-corrected chi connectivity index (χ4v) is 2.87. The summed E-state index contributed by atoms with van der Waals surface area (Å²) in [5.41, 5.74) is 2.09. The quantitative estimate of drug-likeness (QED) is 0.829. The maximum absolute atomic E-state index is 12.5. The molecule has 1 aromatic rings. The summed E-state index contributed by atoms with van der Waals surface area (Å²) < 4.78 is 0. The highest BCUT2D eigenvalue weighted by Crippen LogP contribution is 2.19. The second kappa shape index (κ2) is 7.44. The summed E-state index contributed by atoms with van der Waals surface area (Å²) in [4.78, 5) is 14.5. The Morgan fingerprint density at radius 1 is 1.25 bits per heavy atom. The van der Waals surface area contributed by atoms with E-state index in [1.54, 1.807) is 0 Å². The van der Waals surface area contributed by atoms with Crippen molar-refractivity contribution in [3.8, 4) is 0 Å². The van der Waals surface area contributed by atoms with E-state index < -0.39 is 0 Å². The molecular weight excluding hydrogens is 248 g/mol. The van der Waals surface area contributed by atoms with Crippen LogP contribution >= 0.6 is 0 Å². The summed E-state index contributed by atoms with van der Waals surface area (Å²) in [5, 5.41) is 3.57. The molecule has 1 aromatic carbocycles. The van der Waals surface area contributed by atoms with Gasteiger partial charge in [-0.05, 0) is 37.4 Å². The molecule has 3 nitrogen and oxygen atoms in total. The van der Waals surface area contributed by atoms with Crippen LogP contribution in [-0.2, 0) is 6.42 Å². The lowest BCUT2D eigenvalue weighted by Gasteiger charge is -2.32. The number of amides is 1. The molecule has 20 heavy (non-hydrogen) atoms. The van der Waals surface area contributed by atoms with E-state index in [0.717, 1.165) is 50.9 Å². The van der Waals surface area contributed by atoms with Crippen LogP contribution in [0.25, 0.3) is 0 Å². The molecular formula is C17H26N2O. The Morgan fingerprint density at radius 2 is 2.05 bits per heavy atom. The monoisotopic (exact) mass is 274 g/mol. The van der Waals surface area contributed by atoms with E-state index in [4.69, 9.17) is 0 Å². The zero-order valence-corrected chi connectivity index (χ0v) is 12.7. The molecule has 2 rings (SSSR count). The van der Waals surface area contributed by atoms with Crippen LogP contribution in [0.4, 0.5) is 0 Å². The van der Waals surface area contributed by atoms with Crippen molar-refractivity contribution in [2.45, 2.75) is 45.6 Å². The van der Waals surface area contributed by atoms with Gasteiger partial charge in [0.2, 0.25) is 0 Å². The molecule has 3 heteroatoms. The number of fused-ring (bicyclic) bond motifs is 1. The lowest BCUT2D eigenvalue weighted by Crippen LogP contribution is -2.46. The van der Waals surface area contributed by atoms with Crippen molar-refractivity contribution in [3.63, 3.8) is 0 Å². The highest BCUT2D eigenvalue weighted by Gasteiger charge is 2.25. The van der Waals surface area contributed by atoms with Crippen molar-refractivity contribution in [1.82, 2.24) is 10.2 Å². The maximum Gasteiger partial charge on any atom is 0.254 e. The van der Waals surface area contributed by atoms with Crippen molar-refractivity contribution in [1.29, 1.82) is 0 Å². The molecule has 1 unspecified atom stereocenters. The lowest BCUT2D eigenvalue weighted by atomic mass is 9.98. The number of nitrogens with zero attached hydrogens (tertiary/aromatic N) is 1. The summed E-state index contributed by atoms with van der Waals surface area (Å²) in [5.74, 6) is 0.200. The number of rotatable bonds is 7. The van der Waals surface area contributed by atoms with E-state index in [2.05, 4.69) is 25.2 Å². The summed E-state index contributed by atoms with van der Waals surface area (Å²) >= 11 is 0. The van der Waals surface area contributed by atoms with E-state index in [-0.39, 0.29) is 5.91 Å². The summed E-state index contributed by atoms with van der Waals surface area (Å²) in [6, 6.07) is 8.43. The number of carbonyl (C=O) groups is 1. The van der Waals surface area contributed by atoms with Gasteiger partial charge in [0.05, 0.1) is 0 Å². The van der Waals surface area contributed by atoms with Gasteiger partial charge >= 0.3 is 0 Å². The van der Waals surface area contributed by atoms with Crippen molar-refractivity contribution < 1.29 is 4.79 Å². The van der Waals surface area contributed by atoms with E-state index in [0.29, 0.717) is 6.04 Å². The molecule has 0 radical (unpaired) electrons. The van der Waals surface area contributed by atoms with E-state index >= 15 is 0 Å². The van der Waals surface area contributed by atoms with Gasteiger partial charge in [0.25, 0.3) is 5.91 Å². The van der Waals surface area contributed by atoms with Crippen LogP contribution in [-0.4, -0.2) is 36.5 Å². The first-order valence-corrected chi connectivity index (χ1v) is 7.86. The molecule has 1 aliphatic heterocycles. The molecule has 110 valence electrons. The van der Waals surface area contributed by atoms with Crippen molar-refractivity contribution in [2.75, 3.05) is 19.6 Å². The van der Waals surface area contributed by atoms with Crippen LogP contribution in [0.3, 0.4) is 0 Å². The van der Waals surface area contributed by atoms with Crippen LogP contribution in [0, 0.1) is 0 Å². The first-order chi connectivity index (χ1) is 9.76. The van der Waals surface area contributed by atoms with Gasteiger partial charge in [0, 0.05) is 24.7 Å². The van der Waals surface area contributed by atoms with Gasteiger partial charge in [0.1, 0.15) is 0 Å². The Hall–Kier alpha value is -1.35. The topological polar surface area (TPSA) is 32.3 Å². The normalized spacial score (nSPS) is 16.1. The third-order valence-electron chi connectivity index (χ3n) is 3.95. The molecule has 1 heterocycles. The number of hydrogen-bond donors (Lipinski definition) is 1. The van der Waals surface area contributed by atoms with E-state index in [1.807, 2.05) is 23.1 Å². The molecule has 1 amide bonds. The fourth-order valence-electron chi connectivity index (χ4n) is 2.87. The summed E-state index contributed by atoms with van der Waals surface area (Å²) in [6.45, 7) is 7.10. The van der Waals surface area contributed by atoms with Gasteiger partial charge in [-0.15, -0.1) is 0 Å². The predicted molar refractivity (Wildman–Crippen MR) is 83.0 cm³/mol. The molecule has 0 fully saturated rings. The average molecular weight is 274 g/mol. The van der Waals surface area contributed by atoms with Crippen LogP contribution in [0.15, 0.2) is 24.3 Å². The number of benzene rings is 1. The standard InChI is InChI=1S/C17H26N2O/c1-3-7-15(18-11-4-2)13-19-12-10-14-8-5-6-9-16(14)17(19)20/h5-6,8-9,15,18H,3-4,7,10-13H2,1-2H3. The molecule has 0 bridgehead atoms. The first-order valence-electron chi connectivity index (χ1n) is 7.86. The maximum atomic E-state index is 12.5. The van der Waals surface area contributed by atoms with Gasteiger partial charge in [-0.25, -0.2) is 0 Å². The molecule has 0 saturated heterocycles. The highest BCUT2D eigenvalue weighted by atomic mass is 16.2. The zero-order chi connectivity index (χ0) is 14.4.